The number of hydrogen-bond acceptors (Lipinski definition) is 4. The van der Waals surface area contributed by atoms with Crippen LogP contribution in [0.15, 0.2) is 67.3 Å². The van der Waals surface area contributed by atoms with Gasteiger partial charge >= 0.3 is 0 Å². The molecule has 0 fully saturated rings. The van der Waals surface area contributed by atoms with Crippen LogP contribution in [0.5, 0.6) is 5.75 Å². The van der Waals surface area contributed by atoms with Gasteiger partial charge in [0.1, 0.15) is 11.9 Å². The average molecular weight is 332 g/mol. The van der Waals surface area contributed by atoms with Gasteiger partial charge in [0.15, 0.2) is 0 Å². The van der Waals surface area contributed by atoms with Crippen LogP contribution in [0.1, 0.15) is 17.5 Å². The zero-order chi connectivity index (χ0) is 17.5. The third-order valence-corrected chi connectivity index (χ3v) is 3.99. The molecule has 5 nitrogen and oxygen atoms in total. The van der Waals surface area contributed by atoms with Crippen molar-refractivity contribution in [2.75, 3.05) is 5.73 Å². The van der Waals surface area contributed by atoms with Crippen LogP contribution in [-0.2, 0) is 13.0 Å². The number of benzene rings is 2. The first-order valence-corrected chi connectivity index (χ1v) is 8.20. The number of aryl methyl sites for hydroxylation is 1. The van der Waals surface area contributed by atoms with Crippen molar-refractivity contribution in [3.05, 3.63) is 78.4 Å². The van der Waals surface area contributed by atoms with Crippen molar-refractivity contribution in [3.63, 3.8) is 0 Å². The van der Waals surface area contributed by atoms with Crippen LogP contribution in [0.3, 0.4) is 0 Å². The summed E-state index contributed by atoms with van der Waals surface area (Å²) < 4.78 is 8.17. The maximum atomic E-state index is 8.89. The van der Waals surface area contributed by atoms with E-state index < -0.39 is 0 Å². The van der Waals surface area contributed by atoms with E-state index >= 15 is 0 Å². The minimum atomic E-state index is 0.00784. The molecule has 1 atom stereocenters. The molecular formula is C20H20N4O. The Bertz CT molecular complexity index is 818. The number of nitrogens with zero attached hydrogens (tertiary/aromatic N) is 3. The Morgan fingerprint density at radius 1 is 1.12 bits per heavy atom. The number of nitriles is 1. The van der Waals surface area contributed by atoms with Gasteiger partial charge in [-0.3, -0.25) is 0 Å². The number of nitrogen functional groups attached to an aromatic ring is 1. The Balaban J connectivity index is 1.66. The van der Waals surface area contributed by atoms with Gasteiger partial charge in [-0.25, -0.2) is 4.98 Å². The molecule has 5 heteroatoms. The smallest absolute Gasteiger partial charge is 0.119 e. The number of anilines is 1. The topological polar surface area (TPSA) is 76.9 Å². The normalized spacial score (nSPS) is 11.6. The van der Waals surface area contributed by atoms with E-state index in [1.165, 1.54) is 5.56 Å². The van der Waals surface area contributed by atoms with E-state index in [1.807, 2.05) is 59.3 Å². The van der Waals surface area contributed by atoms with Crippen molar-refractivity contribution in [3.8, 4) is 11.8 Å². The summed E-state index contributed by atoms with van der Waals surface area (Å²) in [5.74, 6) is 0.805. The fraction of sp³-hybridized carbons (Fsp3) is 0.200. The van der Waals surface area contributed by atoms with Crippen molar-refractivity contribution < 1.29 is 4.74 Å². The summed E-state index contributed by atoms with van der Waals surface area (Å²) in [6.45, 7) is 0.723. The van der Waals surface area contributed by atoms with E-state index in [0.29, 0.717) is 5.56 Å². The van der Waals surface area contributed by atoms with Crippen molar-refractivity contribution in [1.82, 2.24) is 9.55 Å². The molecule has 0 aliphatic rings. The van der Waals surface area contributed by atoms with Crippen LogP contribution in [0.2, 0.25) is 0 Å². The molecule has 0 spiro atoms. The average Bonchev–Trinajstić information content (AvgIpc) is 3.15. The lowest BCUT2D eigenvalue weighted by Gasteiger charge is -2.20. The molecule has 0 amide bonds. The molecule has 1 aromatic heterocycles. The van der Waals surface area contributed by atoms with Crippen LogP contribution >= 0.6 is 0 Å². The molecule has 0 aliphatic heterocycles. The zero-order valence-electron chi connectivity index (χ0n) is 13.9. The Morgan fingerprint density at radius 3 is 2.52 bits per heavy atom. The number of aromatic nitrogens is 2. The summed E-state index contributed by atoms with van der Waals surface area (Å²) in [7, 11) is 0. The maximum absolute atomic E-state index is 8.89. The molecular weight excluding hydrogens is 312 g/mol. The predicted molar refractivity (Wildman–Crippen MR) is 97.0 cm³/mol. The van der Waals surface area contributed by atoms with E-state index in [9.17, 15) is 0 Å². The van der Waals surface area contributed by atoms with Crippen LogP contribution in [0.25, 0.3) is 0 Å². The Kier molecular flexibility index (Phi) is 5.32. The standard InChI is InChI=1S/C20H20N4O/c21-13-17-3-1-16(2-4-17)5-8-20(14-24-12-11-23-15-24)25-19-9-6-18(22)7-10-19/h1-4,6-7,9-12,15,20H,5,8,14,22H2. The Labute approximate surface area is 147 Å². The third-order valence-electron chi connectivity index (χ3n) is 3.99. The van der Waals surface area contributed by atoms with Gasteiger partial charge in [-0.15, -0.1) is 0 Å². The van der Waals surface area contributed by atoms with E-state index in [-0.39, 0.29) is 6.10 Å². The summed E-state index contributed by atoms with van der Waals surface area (Å²) in [4.78, 5) is 4.09. The molecule has 3 aromatic rings. The predicted octanol–water partition coefficient (Wildman–Crippen LogP) is 3.42. The molecule has 1 unspecified atom stereocenters. The van der Waals surface area contributed by atoms with Crippen molar-refractivity contribution in [2.45, 2.75) is 25.5 Å². The monoisotopic (exact) mass is 332 g/mol. The van der Waals surface area contributed by atoms with Gasteiger partial charge in [-0.2, -0.15) is 5.26 Å². The lowest BCUT2D eigenvalue weighted by atomic mass is 10.0. The van der Waals surface area contributed by atoms with Gasteiger partial charge in [-0.1, -0.05) is 12.1 Å². The highest BCUT2D eigenvalue weighted by molar-refractivity contribution is 5.41. The SMILES string of the molecule is N#Cc1ccc(CCC(Cn2ccnc2)Oc2ccc(N)cc2)cc1. The van der Waals surface area contributed by atoms with Gasteiger partial charge in [-0.05, 0) is 54.8 Å². The lowest BCUT2D eigenvalue weighted by Crippen LogP contribution is -2.23. The Morgan fingerprint density at radius 2 is 1.88 bits per heavy atom. The Hall–Kier alpha value is -3.26. The van der Waals surface area contributed by atoms with Gasteiger partial charge in [0.25, 0.3) is 0 Å². The van der Waals surface area contributed by atoms with E-state index in [4.69, 9.17) is 15.7 Å². The molecule has 126 valence electrons. The number of hydrogen-bond donors (Lipinski definition) is 1. The van der Waals surface area contributed by atoms with Crippen molar-refractivity contribution in [1.29, 1.82) is 5.26 Å². The molecule has 0 radical (unpaired) electrons. The first kappa shape index (κ1) is 16.6. The van der Waals surface area contributed by atoms with Crippen LogP contribution in [0.4, 0.5) is 5.69 Å². The minimum absolute atomic E-state index is 0.00784. The van der Waals surface area contributed by atoms with Crippen LogP contribution in [0, 0.1) is 11.3 Å². The fourth-order valence-electron chi connectivity index (χ4n) is 2.63. The first-order valence-electron chi connectivity index (χ1n) is 8.20. The molecule has 0 aliphatic carbocycles. The second kappa shape index (κ2) is 8.02. The zero-order valence-corrected chi connectivity index (χ0v) is 13.9. The van der Waals surface area contributed by atoms with E-state index in [2.05, 4.69) is 11.1 Å². The molecule has 2 N–H and O–H groups in total. The molecule has 2 aromatic carbocycles. The van der Waals surface area contributed by atoms with Gasteiger partial charge in [0, 0.05) is 18.1 Å². The maximum Gasteiger partial charge on any atom is 0.119 e. The fourth-order valence-corrected chi connectivity index (χ4v) is 2.63. The molecule has 3 rings (SSSR count). The summed E-state index contributed by atoms with van der Waals surface area (Å²) in [5, 5.41) is 8.89. The van der Waals surface area contributed by atoms with Gasteiger partial charge in [0.05, 0.1) is 24.5 Å². The van der Waals surface area contributed by atoms with Crippen molar-refractivity contribution >= 4 is 5.69 Å². The second-order valence-corrected chi connectivity index (χ2v) is 5.92. The summed E-state index contributed by atoms with van der Waals surface area (Å²) in [6.07, 6.45) is 7.23. The highest BCUT2D eigenvalue weighted by Crippen LogP contribution is 2.18. The number of imidazole rings is 1. The quantitative estimate of drug-likeness (QED) is 0.673. The molecule has 25 heavy (non-hydrogen) atoms. The highest BCUT2D eigenvalue weighted by atomic mass is 16.5. The van der Waals surface area contributed by atoms with Gasteiger partial charge in [0.2, 0.25) is 0 Å². The summed E-state index contributed by atoms with van der Waals surface area (Å²) in [5.41, 5.74) is 8.32. The van der Waals surface area contributed by atoms with Crippen LogP contribution in [-0.4, -0.2) is 15.7 Å². The lowest BCUT2D eigenvalue weighted by molar-refractivity contribution is 0.170. The first-order chi connectivity index (χ1) is 12.2. The van der Waals surface area contributed by atoms with Gasteiger partial charge < -0.3 is 15.0 Å². The summed E-state index contributed by atoms with van der Waals surface area (Å²) in [6, 6.07) is 17.3. The highest BCUT2D eigenvalue weighted by Gasteiger charge is 2.12. The number of rotatable bonds is 7. The van der Waals surface area contributed by atoms with Crippen LogP contribution < -0.4 is 10.5 Å². The van der Waals surface area contributed by atoms with E-state index in [1.54, 1.807) is 12.5 Å². The molecule has 1 heterocycles. The third kappa shape index (κ3) is 4.85. The van der Waals surface area contributed by atoms with Crippen molar-refractivity contribution in [2.24, 2.45) is 0 Å². The van der Waals surface area contributed by atoms with E-state index in [0.717, 1.165) is 30.8 Å². The molecule has 0 saturated heterocycles. The minimum Gasteiger partial charge on any atom is -0.489 e. The number of nitrogens with two attached hydrogens (primary N) is 1. The second-order valence-electron chi connectivity index (χ2n) is 5.92. The largest absolute Gasteiger partial charge is 0.489 e. The summed E-state index contributed by atoms with van der Waals surface area (Å²) >= 11 is 0. The molecule has 0 bridgehead atoms. The number of ether oxygens (including phenoxy) is 1. The molecule has 0 saturated carbocycles.